The summed E-state index contributed by atoms with van der Waals surface area (Å²) in [6.07, 6.45) is 1.53. The van der Waals surface area contributed by atoms with Gasteiger partial charge in [-0.25, -0.2) is 4.98 Å². The zero-order valence-corrected chi connectivity index (χ0v) is 14.8. The molecule has 3 rings (SSSR count). The van der Waals surface area contributed by atoms with Gasteiger partial charge < -0.3 is 10.6 Å². The summed E-state index contributed by atoms with van der Waals surface area (Å²) in [7, 11) is 0. The van der Waals surface area contributed by atoms with Crippen LogP contribution in [0.2, 0.25) is 10.0 Å². The van der Waals surface area contributed by atoms with Gasteiger partial charge in [0.15, 0.2) is 0 Å². The minimum Gasteiger partial charge on any atom is -0.353 e. The van der Waals surface area contributed by atoms with Gasteiger partial charge in [-0.15, -0.1) is 0 Å². The number of aromatic nitrogens is 1. The summed E-state index contributed by atoms with van der Waals surface area (Å²) in [5, 5.41) is 15.7. The van der Waals surface area contributed by atoms with E-state index in [0.717, 1.165) is 0 Å². The molecule has 0 radical (unpaired) electrons. The van der Waals surface area contributed by atoms with E-state index in [9.17, 15) is 4.79 Å². The molecule has 1 amide bonds. The number of benzene rings is 2. The monoisotopic (exact) mass is 382 g/mol. The molecule has 0 aliphatic rings. The molecule has 26 heavy (non-hydrogen) atoms. The van der Waals surface area contributed by atoms with Crippen LogP contribution in [0.5, 0.6) is 0 Å². The summed E-state index contributed by atoms with van der Waals surface area (Å²) in [5.41, 5.74) is 2.69. The number of nitriles is 1. The zero-order valence-electron chi connectivity index (χ0n) is 13.3. The second kappa shape index (κ2) is 7.87. The first kappa shape index (κ1) is 17.7. The lowest BCUT2D eigenvalue weighted by molar-refractivity contribution is 0.102. The second-order valence-electron chi connectivity index (χ2n) is 5.32. The normalized spacial score (nSPS) is 10.0. The predicted octanol–water partition coefficient (Wildman–Crippen LogP) is 5.26. The van der Waals surface area contributed by atoms with E-state index in [2.05, 4.69) is 15.6 Å². The molecule has 2 N–H and O–H groups in total. The van der Waals surface area contributed by atoms with Gasteiger partial charge in [-0.1, -0.05) is 23.2 Å². The van der Waals surface area contributed by atoms with E-state index < -0.39 is 0 Å². The molecule has 0 spiro atoms. The van der Waals surface area contributed by atoms with Gasteiger partial charge in [0.2, 0.25) is 0 Å². The van der Waals surface area contributed by atoms with E-state index in [1.54, 1.807) is 54.6 Å². The van der Waals surface area contributed by atoms with Crippen molar-refractivity contribution in [2.24, 2.45) is 0 Å². The van der Waals surface area contributed by atoms with Gasteiger partial charge in [0.05, 0.1) is 34.2 Å². The van der Waals surface area contributed by atoms with Crippen LogP contribution in [0.4, 0.5) is 17.1 Å². The van der Waals surface area contributed by atoms with Crippen LogP contribution >= 0.6 is 23.2 Å². The fraction of sp³-hybridized carbons (Fsp3) is 0. The molecule has 0 saturated carbocycles. The largest absolute Gasteiger partial charge is 0.353 e. The van der Waals surface area contributed by atoms with Crippen LogP contribution in [0.3, 0.4) is 0 Å². The van der Waals surface area contributed by atoms with E-state index in [-0.39, 0.29) is 11.6 Å². The summed E-state index contributed by atoms with van der Waals surface area (Å²) in [4.78, 5) is 16.4. The number of anilines is 3. The minimum absolute atomic E-state index is 0.261. The van der Waals surface area contributed by atoms with E-state index >= 15 is 0 Å². The van der Waals surface area contributed by atoms with Gasteiger partial charge >= 0.3 is 0 Å². The Bertz CT molecular complexity index is 980. The molecule has 7 heteroatoms. The number of hydrogen-bond donors (Lipinski definition) is 2. The number of nitrogens with zero attached hydrogens (tertiary/aromatic N) is 2. The van der Waals surface area contributed by atoms with Gasteiger partial charge in [-0.2, -0.15) is 5.26 Å². The van der Waals surface area contributed by atoms with Crippen LogP contribution < -0.4 is 10.6 Å². The Morgan fingerprint density at radius 1 is 1.00 bits per heavy atom. The van der Waals surface area contributed by atoms with Crippen LogP contribution in [0.15, 0.2) is 60.8 Å². The number of amides is 1. The summed E-state index contributed by atoms with van der Waals surface area (Å²) in [5.74, 6) is -0.345. The van der Waals surface area contributed by atoms with Crippen LogP contribution in [-0.2, 0) is 0 Å². The van der Waals surface area contributed by atoms with Crippen molar-refractivity contribution in [3.05, 3.63) is 82.1 Å². The molecule has 2 aromatic carbocycles. The van der Waals surface area contributed by atoms with Crippen LogP contribution in [-0.4, -0.2) is 10.9 Å². The molecular formula is C19H12Cl2N4O. The lowest BCUT2D eigenvalue weighted by Gasteiger charge is -2.09. The van der Waals surface area contributed by atoms with Crippen molar-refractivity contribution >= 4 is 46.2 Å². The maximum atomic E-state index is 12.2. The van der Waals surface area contributed by atoms with Gasteiger partial charge in [0, 0.05) is 10.7 Å². The van der Waals surface area contributed by atoms with E-state index in [1.165, 1.54) is 6.20 Å². The SMILES string of the molecule is N#Cc1ccc(NC(=O)c2ccc(Nc3cc(Cl)ccc3Cl)cn2)cc1. The maximum absolute atomic E-state index is 12.2. The van der Waals surface area contributed by atoms with Crippen LogP contribution in [0.25, 0.3) is 0 Å². The fourth-order valence-corrected chi connectivity index (χ4v) is 2.51. The first-order valence-electron chi connectivity index (χ1n) is 7.55. The smallest absolute Gasteiger partial charge is 0.274 e. The number of nitrogens with one attached hydrogen (secondary N) is 2. The highest BCUT2D eigenvalue weighted by Gasteiger charge is 2.09. The number of pyridine rings is 1. The molecule has 1 aromatic heterocycles. The molecule has 3 aromatic rings. The molecule has 128 valence electrons. The quantitative estimate of drug-likeness (QED) is 0.645. The third-order valence-corrected chi connectivity index (χ3v) is 4.04. The van der Waals surface area contributed by atoms with Crippen molar-refractivity contribution in [1.29, 1.82) is 5.26 Å². The molecule has 0 unspecified atom stereocenters. The van der Waals surface area contributed by atoms with Crippen molar-refractivity contribution < 1.29 is 4.79 Å². The lowest BCUT2D eigenvalue weighted by atomic mass is 10.2. The number of carbonyl (C=O) groups excluding carboxylic acids is 1. The first-order valence-corrected chi connectivity index (χ1v) is 8.30. The molecule has 0 atom stereocenters. The third-order valence-electron chi connectivity index (χ3n) is 3.48. The zero-order chi connectivity index (χ0) is 18.5. The summed E-state index contributed by atoms with van der Waals surface area (Å²) in [6, 6.07) is 17.0. The van der Waals surface area contributed by atoms with Crippen molar-refractivity contribution in [2.45, 2.75) is 0 Å². The van der Waals surface area contributed by atoms with E-state index in [4.69, 9.17) is 28.5 Å². The van der Waals surface area contributed by atoms with Gasteiger partial charge in [0.1, 0.15) is 5.69 Å². The van der Waals surface area contributed by atoms with Crippen LogP contribution in [0, 0.1) is 11.3 Å². The predicted molar refractivity (Wildman–Crippen MR) is 103 cm³/mol. The average molecular weight is 383 g/mol. The number of rotatable bonds is 4. The number of hydrogen-bond acceptors (Lipinski definition) is 4. The first-order chi connectivity index (χ1) is 12.5. The Morgan fingerprint density at radius 2 is 1.73 bits per heavy atom. The molecule has 0 bridgehead atoms. The minimum atomic E-state index is -0.345. The Balaban J connectivity index is 1.69. The highest BCUT2D eigenvalue weighted by atomic mass is 35.5. The fourth-order valence-electron chi connectivity index (χ4n) is 2.17. The Labute approximate surface area is 160 Å². The van der Waals surface area contributed by atoms with Gasteiger partial charge in [0.25, 0.3) is 5.91 Å². The summed E-state index contributed by atoms with van der Waals surface area (Å²) in [6.45, 7) is 0. The molecule has 5 nitrogen and oxygen atoms in total. The van der Waals surface area contributed by atoms with E-state index in [1.807, 2.05) is 6.07 Å². The molecule has 0 aliphatic heterocycles. The highest BCUT2D eigenvalue weighted by molar-refractivity contribution is 6.35. The molecule has 1 heterocycles. The van der Waals surface area contributed by atoms with Crippen LogP contribution in [0.1, 0.15) is 16.1 Å². The second-order valence-corrected chi connectivity index (χ2v) is 6.17. The third kappa shape index (κ3) is 4.31. The van der Waals surface area contributed by atoms with Gasteiger partial charge in [-0.3, -0.25) is 4.79 Å². The Morgan fingerprint density at radius 3 is 2.38 bits per heavy atom. The molecular weight excluding hydrogens is 371 g/mol. The Kier molecular flexibility index (Phi) is 5.37. The summed E-state index contributed by atoms with van der Waals surface area (Å²) < 4.78 is 0. The lowest BCUT2D eigenvalue weighted by Crippen LogP contribution is -2.13. The maximum Gasteiger partial charge on any atom is 0.274 e. The molecule has 0 saturated heterocycles. The van der Waals surface area contributed by atoms with Crippen molar-refractivity contribution in [1.82, 2.24) is 4.98 Å². The standard InChI is InChI=1S/C19H12Cl2N4O/c20-13-3-7-16(21)18(9-13)24-15-6-8-17(23-11-15)19(26)25-14-4-1-12(10-22)2-5-14/h1-9,11,24H,(H,25,26). The van der Waals surface area contributed by atoms with Crippen molar-refractivity contribution in [2.75, 3.05) is 10.6 Å². The summed E-state index contributed by atoms with van der Waals surface area (Å²) >= 11 is 12.1. The Hall–Kier alpha value is -3.07. The van der Waals surface area contributed by atoms with E-state index in [0.29, 0.717) is 32.7 Å². The molecule has 0 aliphatic carbocycles. The molecule has 0 fully saturated rings. The topological polar surface area (TPSA) is 77.8 Å². The number of carbonyl (C=O) groups is 1. The average Bonchev–Trinajstić information content (AvgIpc) is 2.66. The highest BCUT2D eigenvalue weighted by Crippen LogP contribution is 2.28. The van der Waals surface area contributed by atoms with Crippen molar-refractivity contribution in [3.63, 3.8) is 0 Å². The van der Waals surface area contributed by atoms with Gasteiger partial charge in [-0.05, 0) is 54.6 Å². The number of halogens is 2. The van der Waals surface area contributed by atoms with Crippen molar-refractivity contribution in [3.8, 4) is 6.07 Å².